The molecule has 1 fully saturated rings. The molecule has 0 aromatic rings. The number of carbonyl (C=O) groups is 1. The lowest BCUT2D eigenvalue weighted by atomic mass is 9.83. The molecule has 104 valence electrons. The first-order chi connectivity index (χ1) is 8.29. The zero-order valence-corrected chi connectivity index (χ0v) is 11.6. The highest BCUT2D eigenvalue weighted by Crippen LogP contribution is 2.30. The van der Waals surface area contributed by atoms with Crippen LogP contribution in [0, 0.1) is 5.41 Å². The maximum atomic E-state index is 12.7. The molecule has 0 radical (unpaired) electrons. The van der Waals surface area contributed by atoms with Crippen LogP contribution in [0.25, 0.3) is 0 Å². The summed E-state index contributed by atoms with van der Waals surface area (Å²) in [4.78, 5) is 14.4. The molecule has 6 heteroatoms. The first kappa shape index (κ1) is 14.8. The summed E-state index contributed by atoms with van der Waals surface area (Å²) in [5.41, 5.74) is 4.34. The van der Waals surface area contributed by atoms with Crippen LogP contribution in [-0.4, -0.2) is 47.1 Å². The van der Waals surface area contributed by atoms with E-state index in [1.807, 2.05) is 20.8 Å². The van der Waals surface area contributed by atoms with Crippen molar-refractivity contribution in [2.75, 3.05) is 19.8 Å². The number of hydrogen-bond donors (Lipinski definition) is 2. The van der Waals surface area contributed by atoms with Gasteiger partial charge in [-0.05, 0) is 27.2 Å². The van der Waals surface area contributed by atoms with Gasteiger partial charge < -0.3 is 20.6 Å². The van der Waals surface area contributed by atoms with E-state index in [0.29, 0.717) is 26.2 Å². The van der Waals surface area contributed by atoms with Crippen LogP contribution >= 0.6 is 0 Å². The molecule has 1 rings (SSSR count). The van der Waals surface area contributed by atoms with Crippen molar-refractivity contribution < 1.29 is 14.7 Å². The molecule has 0 aromatic heterocycles. The minimum absolute atomic E-state index is 0.0442. The molecule has 1 aliphatic heterocycles. The summed E-state index contributed by atoms with van der Waals surface area (Å²) in [6.07, 6.45) is 0.481. The third-order valence-corrected chi connectivity index (χ3v) is 3.74. The van der Waals surface area contributed by atoms with Gasteiger partial charge in [-0.3, -0.25) is 4.79 Å². The number of morpholine rings is 1. The normalized spacial score (nSPS) is 23.6. The number of nitrogens with two attached hydrogens (primary N) is 1. The number of ether oxygens (including phenoxy) is 1. The van der Waals surface area contributed by atoms with Gasteiger partial charge in [0.05, 0.1) is 18.8 Å². The van der Waals surface area contributed by atoms with E-state index in [4.69, 9.17) is 15.7 Å². The fourth-order valence-electron chi connectivity index (χ4n) is 2.08. The topological polar surface area (TPSA) is 88.2 Å². The van der Waals surface area contributed by atoms with E-state index in [0.717, 1.165) is 0 Å². The zero-order chi connectivity index (χ0) is 14.0. The summed E-state index contributed by atoms with van der Waals surface area (Å²) in [7, 11) is 0. The van der Waals surface area contributed by atoms with Crippen LogP contribution in [-0.2, 0) is 9.53 Å². The molecule has 0 bridgehead atoms. The fraction of sp³-hybridized carbons (Fsp3) is 0.833. The molecule has 0 spiro atoms. The molecule has 6 nitrogen and oxygen atoms in total. The van der Waals surface area contributed by atoms with Crippen molar-refractivity contribution in [3.63, 3.8) is 0 Å². The van der Waals surface area contributed by atoms with Crippen LogP contribution in [0.5, 0.6) is 0 Å². The van der Waals surface area contributed by atoms with Crippen molar-refractivity contribution in [2.45, 2.75) is 39.7 Å². The largest absolute Gasteiger partial charge is 0.409 e. The van der Waals surface area contributed by atoms with Crippen molar-refractivity contribution in [2.24, 2.45) is 16.3 Å². The Bertz CT molecular complexity index is 354. The summed E-state index contributed by atoms with van der Waals surface area (Å²) >= 11 is 0. The molecule has 3 N–H and O–H groups in total. The Kier molecular flexibility index (Phi) is 4.21. The Morgan fingerprint density at radius 1 is 1.61 bits per heavy atom. The second kappa shape index (κ2) is 5.14. The quantitative estimate of drug-likeness (QED) is 0.338. The zero-order valence-electron chi connectivity index (χ0n) is 11.6. The molecule has 0 aliphatic carbocycles. The lowest BCUT2D eigenvalue weighted by molar-refractivity contribution is -0.153. The Balaban J connectivity index is 3.04. The molecule has 0 saturated carbocycles. The minimum atomic E-state index is -0.969. The van der Waals surface area contributed by atoms with Crippen LogP contribution in [0.2, 0.25) is 0 Å². The number of rotatable bonds is 3. The van der Waals surface area contributed by atoms with Gasteiger partial charge in [-0.1, -0.05) is 12.1 Å². The Labute approximate surface area is 108 Å². The molecule has 18 heavy (non-hydrogen) atoms. The third-order valence-electron chi connectivity index (χ3n) is 3.74. The predicted molar refractivity (Wildman–Crippen MR) is 68.4 cm³/mol. The number of nitrogens with zero attached hydrogens (tertiary/aromatic N) is 2. The fourth-order valence-corrected chi connectivity index (χ4v) is 2.08. The third kappa shape index (κ3) is 2.43. The van der Waals surface area contributed by atoms with Gasteiger partial charge in [0.2, 0.25) is 5.91 Å². The van der Waals surface area contributed by atoms with E-state index < -0.39 is 5.41 Å². The SMILES string of the molecule is CCC(C)(C(=O)N1CCOCC1(C)C)C(N)=NO. The first-order valence-corrected chi connectivity index (χ1v) is 6.17. The summed E-state index contributed by atoms with van der Waals surface area (Å²) in [6.45, 7) is 9.00. The van der Waals surface area contributed by atoms with Gasteiger partial charge in [0.25, 0.3) is 0 Å². The Morgan fingerprint density at radius 2 is 2.22 bits per heavy atom. The summed E-state index contributed by atoms with van der Waals surface area (Å²) in [5.74, 6) is -0.161. The highest BCUT2D eigenvalue weighted by Gasteiger charge is 2.45. The Morgan fingerprint density at radius 3 is 2.67 bits per heavy atom. The molecule has 0 aromatic carbocycles. The second-order valence-corrected chi connectivity index (χ2v) is 5.49. The summed E-state index contributed by atoms with van der Waals surface area (Å²) in [6, 6.07) is 0. The van der Waals surface area contributed by atoms with Crippen molar-refractivity contribution in [3.8, 4) is 0 Å². The van der Waals surface area contributed by atoms with Crippen molar-refractivity contribution >= 4 is 11.7 Å². The van der Waals surface area contributed by atoms with E-state index in [1.165, 1.54) is 0 Å². The van der Waals surface area contributed by atoms with E-state index in [2.05, 4.69) is 5.16 Å². The second-order valence-electron chi connectivity index (χ2n) is 5.49. The summed E-state index contributed by atoms with van der Waals surface area (Å²) < 4.78 is 5.39. The van der Waals surface area contributed by atoms with Gasteiger partial charge in [-0.25, -0.2) is 0 Å². The molecule has 1 atom stereocenters. The van der Waals surface area contributed by atoms with Crippen LogP contribution in [0.1, 0.15) is 34.1 Å². The predicted octanol–water partition coefficient (Wildman–Crippen LogP) is 0.787. The number of oxime groups is 1. The molecule has 1 amide bonds. The lowest BCUT2D eigenvalue weighted by Crippen LogP contribution is -2.61. The minimum Gasteiger partial charge on any atom is -0.409 e. The van der Waals surface area contributed by atoms with Crippen molar-refractivity contribution in [3.05, 3.63) is 0 Å². The highest BCUT2D eigenvalue weighted by atomic mass is 16.5. The maximum Gasteiger partial charge on any atom is 0.236 e. The molecule has 1 unspecified atom stereocenters. The smallest absolute Gasteiger partial charge is 0.236 e. The van der Waals surface area contributed by atoms with Gasteiger partial charge in [0.1, 0.15) is 5.41 Å². The molecule has 1 heterocycles. The van der Waals surface area contributed by atoms with Gasteiger partial charge in [0, 0.05) is 6.54 Å². The summed E-state index contributed by atoms with van der Waals surface area (Å²) in [5, 5.41) is 11.9. The van der Waals surface area contributed by atoms with Crippen molar-refractivity contribution in [1.82, 2.24) is 4.90 Å². The van der Waals surface area contributed by atoms with Crippen LogP contribution in [0.3, 0.4) is 0 Å². The molecular formula is C12H23N3O3. The van der Waals surface area contributed by atoms with Gasteiger partial charge >= 0.3 is 0 Å². The van der Waals surface area contributed by atoms with Gasteiger partial charge in [-0.15, -0.1) is 0 Å². The lowest BCUT2D eigenvalue weighted by Gasteiger charge is -2.45. The van der Waals surface area contributed by atoms with E-state index in [1.54, 1.807) is 11.8 Å². The highest BCUT2D eigenvalue weighted by molar-refractivity contribution is 6.06. The molecule has 1 saturated heterocycles. The monoisotopic (exact) mass is 257 g/mol. The van der Waals surface area contributed by atoms with Gasteiger partial charge in [0.15, 0.2) is 5.84 Å². The van der Waals surface area contributed by atoms with E-state index in [-0.39, 0.29) is 17.3 Å². The number of amidine groups is 1. The van der Waals surface area contributed by atoms with Crippen LogP contribution in [0.4, 0.5) is 0 Å². The average molecular weight is 257 g/mol. The average Bonchev–Trinajstić information content (AvgIpc) is 2.35. The van der Waals surface area contributed by atoms with Crippen LogP contribution in [0.15, 0.2) is 5.16 Å². The number of carbonyl (C=O) groups excluding carboxylic acids is 1. The van der Waals surface area contributed by atoms with Crippen LogP contribution < -0.4 is 5.73 Å². The Hall–Kier alpha value is -1.30. The maximum absolute atomic E-state index is 12.7. The number of amides is 1. The number of hydrogen-bond acceptors (Lipinski definition) is 4. The molecular weight excluding hydrogens is 234 g/mol. The molecule has 1 aliphatic rings. The first-order valence-electron chi connectivity index (χ1n) is 6.17. The standard InChI is InChI=1S/C12H23N3O3/c1-5-12(4,9(13)14-17)10(16)15-6-7-18-8-11(15,2)3/h17H,5-8H2,1-4H3,(H2,13,14). The van der Waals surface area contributed by atoms with Gasteiger partial charge in [-0.2, -0.15) is 0 Å². The van der Waals surface area contributed by atoms with Crippen molar-refractivity contribution in [1.29, 1.82) is 0 Å². The van der Waals surface area contributed by atoms with E-state index >= 15 is 0 Å². The van der Waals surface area contributed by atoms with E-state index in [9.17, 15) is 4.79 Å².